The van der Waals surface area contributed by atoms with Gasteiger partial charge in [-0.05, 0) is 12.0 Å². The lowest BCUT2D eigenvalue weighted by Crippen LogP contribution is -2.48. The summed E-state index contributed by atoms with van der Waals surface area (Å²) in [5, 5.41) is 14.0. The summed E-state index contributed by atoms with van der Waals surface area (Å²) in [5.74, 6) is 1.74. The summed E-state index contributed by atoms with van der Waals surface area (Å²) in [6.07, 6.45) is 3.49. The Morgan fingerprint density at radius 3 is 3.05 bits per heavy atom. The predicted octanol–water partition coefficient (Wildman–Crippen LogP) is 1.86. The molecule has 1 saturated heterocycles. The highest BCUT2D eigenvalue weighted by atomic mass is 32.2. The highest BCUT2D eigenvalue weighted by molar-refractivity contribution is 7.99. The molecule has 2 aromatic heterocycles. The second-order valence-corrected chi connectivity index (χ2v) is 6.58. The zero-order chi connectivity index (χ0) is 15.0. The highest BCUT2D eigenvalue weighted by Gasteiger charge is 2.31. The van der Waals surface area contributed by atoms with Gasteiger partial charge in [0, 0.05) is 30.4 Å². The number of hydrogen-bond donors (Lipinski definition) is 1. The fourth-order valence-corrected chi connectivity index (χ4v) is 3.53. The molecular weight excluding hydrogens is 288 g/mol. The van der Waals surface area contributed by atoms with Gasteiger partial charge >= 0.3 is 5.97 Å². The quantitative estimate of drug-likeness (QED) is 0.933. The van der Waals surface area contributed by atoms with Crippen LogP contribution in [0.2, 0.25) is 0 Å². The molecule has 1 aliphatic rings. The van der Waals surface area contributed by atoms with E-state index in [0.717, 1.165) is 17.0 Å². The van der Waals surface area contributed by atoms with Gasteiger partial charge in [-0.25, -0.2) is 14.3 Å². The molecule has 3 rings (SSSR count). The lowest BCUT2D eigenvalue weighted by molar-refractivity contribution is -0.138. The summed E-state index contributed by atoms with van der Waals surface area (Å²) < 4.78 is 1.79. The molecule has 2 aromatic rings. The molecule has 0 saturated carbocycles. The Labute approximate surface area is 127 Å². The smallest absolute Gasteiger partial charge is 0.327 e. The van der Waals surface area contributed by atoms with Gasteiger partial charge in [-0.3, -0.25) is 0 Å². The van der Waals surface area contributed by atoms with E-state index in [1.54, 1.807) is 28.7 Å². The summed E-state index contributed by atoms with van der Waals surface area (Å²) in [6, 6.07) is 1.48. The molecule has 112 valence electrons. The van der Waals surface area contributed by atoms with Gasteiger partial charge in [0.15, 0.2) is 5.82 Å². The van der Waals surface area contributed by atoms with Gasteiger partial charge in [0.1, 0.15) is 11.6 Å². The Balaban J connectivity index is 2.08. The third kappa shape index (κ3) is 2.57. The molecular formula is C14H18N4O2S. The summed E-state index contributed by atoms with van der Waals surface area (Å²) in [6.45, 7) is 4.87. The van der Waals surface area contributed by atoms with Crippen LogP contribution in [-0.2, 0) is 4.79 Å². The first-order valence-electron chi connectivity index (χ1n) is 6.99. The van der Waals surface area contributed by atoms with Crippen molar-refractivity contribution in [3.63, 3.8) is 0 Å². The predicted molar refractivity (Wildman–Crippen MR) is 83.2 cm³/mol. The van der Waals surface area contributed by atoms with Gasteiger partial charge in [-0.1, -0.05) is 13.8 Å². The maximum atomic E-state index is 11.5. The Hall–Kier alpha value is -1.76. The van der Waals surface area contributed by atoms with Crippen LogP contribution >= 0.6 is 11.8 Å². The summed E-state index contributed by atoms with van der Waals surface area (Å²) >= 11 is 1.67. The van der Waals surface area contributed by atoms with Gasteiger partial charge in [0.25, 0.3) is 0 Å². The van der Waals surface area contributed by atoms with E-state index in [9.17, 15) is 9.90 Å². The van der Waals surface area contributed by atoms with Crippen molar-refractivity contribution in [2.75, 3.05) is 23.0 Å². The number of nitrogens with zero attached hydrogens (tertiary/aromatic N) is 4. The van der Waals surface area contributed by atoms with Crippen LogP contribution in [0.4, 0.5) is 5.82 Å². The lowest BCUT2D eigenvalue weighted by Gasteiger charge is -2.33. The van der Waals surface area contributed by atoms with E-state index < -0.39 is 12.0 Å². The normalized spacial score (nSPS) is 19.4. The number of carboxylic acid groups (broad SMARTS) is 1. The van der Waals surface area contributed by atoms with E-state index in [-0.39, 0.29) is 0 Å². The maximum Gasteiger partial charge on any atom is 0.327 e. The van der Waals surface area contributed by atoms with Crippen LogP contribution in [0, 0.1) is 0 Å². The lowest BCUT2D eigenvalue weighted by atomic mass is 10.1. The number of aliphatic carboxylic acids is 1. The monoisotopic (exact) mass is 306 g/mol. The van der Waals surface area contributed by atoms with Crippen LogP contribution in [0.3, 0.4) is 0 Å². The van der Waals surface area contributed by atoms with Gasteiger partial charge in [0.05, 0.1) is 5.69 Å². The minimum atomic E-state index is -0.797. The van der Waals surface area contributed by atoms with Crippen molar-refractivity contribution in [2.45, 2.75) is 25.8 Å². The van der Waals surface area contributed by atoms with Crippen LogP contribution in [-0.4, -0.2) is 49.8 Å². The van der Waals surface area contributed by atoms with E-state index in [4.69, 9.17) is 0 Å². The molecule has 3 heterocycles. The zero-order valence-electron chi connectivity index (χ0n) is 12.1. The molecule has 1 atom stereocenters. The summed E-state index contributed by atoms with van der Waals surface area (Å²) in [7, 11) is 0. The first-order chi connectivity index (χ1) is 10.1. The standard InChI is InChI=1S/C14H18N4O2S/c1-9(2)10-7-11-13(15-3-4-18(11)16-10)17-5-6-21-8-12(17)14(19)20/h3-4,7,9,12H,5-6,8H2,1-2H3,(H,19,20). The number of fused-ring (bicyclic) bond motifs is 1. The van der Waals surface area contributed by atoms with Crippen LogP contribution in [0.1, 0.15) is 25.5 Å². The summed E-state index contributed by atoms with van der Waals surface area (Å²) in [5.41, 5.74) is 1.86. The van der Waals surface area contributed by atoms with E-state index in [2.05, 4.69) is 23.9 Å². The van der Waals surface area contributed by atoms with Gasteiger partial charge in [-0.2, -0.15) is 16.9 Å². The SMILES string of the molecule is CC(C)c1cc2c(N3CCSCC3C(=O)O)nccn2n1. The number of anilines is 1. The molecule has 1 fully saturated rings. The average molecular weight is 306 g/mol. The van der Waals surface area contributed by atoms with Gasteiger partial charge in [-0.15, -0.1) is 0 Å². The third-order valence-electron chi connectivity index (χ3n) is 3.67. The van der Waals surface area contributed by atoms with Crippen molar-refractivity contribution >= 4 is 29.1 Å². The Bertz CT molecular complexity index is 670. The molecule has 21 heavy (non-hydrogen) atoms. The molecule has 7 heteroatoms. The Morgan fingerprint density at radius 2 is 2.33 bits per heavy atom. The van der Waals surface area contributed by atoms with Crippen molar-refractivity contribution in [3.05, 3.63) is 24.2 Å². The largest absolute Gasteiger partial charge is 0.480 e. The van der Waals surface area contributed by atoms with Crippen molar-refractivity contribution in [1.82, 2.24) is 14.6 Å². The zero-order valence-corrected chi connectivity index (χ0v) is 12.9. The molecule has 1 unspecified atom stereocenters. The van der Waals surface area contributed by atoms with Gasteiger partial charge in [0.2, 0.25) is 0 Å². The number of aromatic nitrogens is 3. The summed E-state index contributed by atoms with van der Waals surface area (Å²) in [4.78, 5) is 17.8. The Morgan fingerprint density at radius 1 is 1.52 bits per heavy atom. The fraction of sp³-hybridized carbons (Fsp3) is 0.500. The van der Waals surface area contributed by atoms with Gasteiger partial charge < -0.3 is 10.0 Å². The topological polar surface area (TPSA) is 70.7 Å². The van der Waals surface area contributed by atoms with E-state index >= 15 is 0 Å². The first kappa shape index (κ1) is 14.2. The van der Waals surface area contributed by atoms with Crippen molar-refractivity contribution in [2.24, 2.45) is 0 Å². The second kappa shape index (κ2) is 5.55. The van der Waals surface area contributed by atoms with E-state index in [1.807, 2.05) is 11.0 Å². The molecule has 0 amide bonds. The van der Waals surface area contributed by atoms with Crippen molar-refractivity contribution in [1.29, 1.82) is 0 Å². The minimum absolute atomic E-state index is 0.324. The van der Waals surface area contributed by atoms with E-state index in [1.165, 1.54) is 0 Å². The number of carboxylic acids is 1. The van der Waals surface area contributed by atoms with Crippen LogP contribution in [0.25, 0.3) is 5.52 Å². The Kier molecular flexibility index (Phi) is 3.75. The average Bonchev–Trinajstić information content (AvgIpc) is 2.91. The maximum absolute atomic E-state index is 11.5. The number of rotatable bonds is 3. The molecule has 1 aliphatic heterocycles. The molecule has 1 N–H and O–H groups in total. The van der Waals surface area contributed by atoms with E-state index in [0.29, 0.717) is 24.0 Å². The molecule has 6 nitrogen and oxygen atoms in total. The van der Waals surface area contributed by atoms with Crippen LogP contribution in [0.15, 0.2) is 18.5 Å². The fourth-order valence-electron chi connectivity index (χ4n) is 2.49. The number of thioether (sulfide) groups is 1. The second-order valence-electron chi connectivity index (χ2n) is 5.43. The number of carbonyl (C=O) groups is 1. The van der Waals surface area contributed by atoms with Crippen molar-refractivity contribution < 1.29 is 9.90 Å². The molecule has 0 aliphatic carbocycles. The van der Waals surface area contributed by atoms with Crippen LogP contribution in [0.5, 0.6) is 0 Å². The third-order valence-corrected chi connectivity index (χ3v) is 4.69. The molecule has 0 radical (unpaired) electrons. The molecule has 0 spiro atoms. The van der Waals surface area contributed by atoms with Crippen molar-refractivity contribution in [3.8, 4) is 0 Å². The minimum Gasteiger partial charge on any atom is -0.480 e. The van der Waals surface area contributed by atoms with Crippen LogP contribution < -0.4 is 4.90 Å². The highest BCUT2D eigenvalue weighted by Crippen LogP contribution is 2.27. The number of hydrogen-bond acceptors (Lipinski definition) is 5. The molecule has 0 bridgehead atoms. The first-order valence-corrected chi connectivity index (χ1v) is 8.15. The molecule has 0 aromatic carbocycles.